The van der Waals surface area contributed by atoms with E-state index in [0.717, 1.165) is 61.2 Å². The average Bonchev–Trinajstić information content (AvgIpc) is 3.52. The van der Waals surface area contributed by atoms with E-state index in [4.69, 9.17) is 19.4 Å². The number of benzene rings is 2. The van der Waals surface area contributed by atoms with E-state index in [1.807, 2.05) is 5.38 Å². The van der Waals surface area contributed by atoms with Gasteiger partial charge in [0.25, 0.3) is 0 Å². The van der Waals surface area contributed by atoms with Crippen LogP contribution in [0.2, 0.25) is 0 Å². The smallest absolute Gasteiger partial charge is 0.417 e. The number of rotatable bonds is 8. The Kier molecular flexibility index (Phi) is 7.09. The molecule has 0 atom stereocenters. The fourth-order valence-electron chi connectivity index (χ4n) is 5.02. The van der Waals surface area contributed by atoms with Crippen molar-refractivity contribution in [2.24, 2.45) is 0 Å². The van der Waals surface area contributed by atoms with Gasteiger partial charge < -0.3 is 19.3 Å². The Morgan fingerprint density at radius 1 is 1.07 bits per heavy atom. The average molecular weight is 570 g/mol. The van der Waals surface area contributed by atoms with Gasteiger partial charge in [0.05, 0.1) is 29.5 Å². The number of piperidine rings is 1. The van der Waals surface area contributed by atoms with Crippen molar-refractivity contribution in [2.75, 3.05) is 18.0 Å². The Morgan fingerprint density at radius 3 is 2.48 bits per heavy atom. The Morgan fingerprint density at radius 2 is 1.80 bits per heavy atom. The molecule has 1 aliphatic heterocycles. The normalized spacial score (nSPS) is 16.4. The van der Waals surface area contributed by atoms with Gasteiger partial charge >= 0.3 is 12.1 Å². The number of carboxylic acid groups (broad SMARTS) is 1. The van der Waals surface area contributed by atoms with Crippen LogP contribution in [0.3, 0.4) is 0 Å². The molecular weight excluding hydrogens is 543 g/mol. The molecule has 1 aliphatic carbocycles. The van der Waals surface area contributed by atoms with Crippen LogP contribution in [-0.4, -0.2) is 40.4 Å². The van der Waals surface area contributed by atoms with E-state index in [1.54, 1.807) is 30.3 Å². The van der Waals surface area contributed by atoms with Crippen molar-refractivity contribution in [3.8, 4) is 22.5 Å². The molecule has 0 unspecified atom stereocenters. The number of carboxylic acids is 1. The number of hydrogen-bond donors (Lipinski definition) is 1. The molecule has 1 N–H and O–H groups in total. The molecule has 3 heterocycles. The molecule has 4 aromatic rings. The Balaban J connectivity index is 1.11. The zero-order chi connectivity index (χ0) is 27.9. The SMILES string of the molecule is O=C(O)c1ccc(-c2csc(N3CCC(OCc4c(-c5ccccc5C(F)(F)F)noc4C4CC4)CC3)n2)cc1. The van der Waals surface area contributed by atoms with Gasteiger partial charge in [-0.2, -0.15) is 13.2 Å². The summed E-state index contributed by atoms with van der Waals surface area (Å²) in [7, 11) is 0. The van der Waals surface area contributed by atoms with Crippen molar-refractivity contribution in [3.63, 3.8) is 0 Å². The minimum Gasteiger partial charge on any atom is -0.478 e. The van der Waals surface area contributed by atoms with E-state index < -0.39 is 17.7 Å². The van der Waals surface area contributed by atoms with E-state index in [-0.39, 0.29) is 35.4 Å². The highest BCUT2D eigenvalue weighted by Gasteiger charge is 2.38. The number of carbonyl (C=O) groups is 1. The van der Waals surface area contributed by atoms with Crippen LogP contribution in [0.15, 0.2) is 58.4 Å². The molecule has 0 bridgehead atoms. The molecule has 208 valence electrons. The minimum atomic E-state index is -4.50. The van der Waals surface area contributed by atoms with Gasteiger partial charge in [-0.1, -0.05) is 35.5 Å². The Bertz CT molecular complexity index is 1500. The van der Waals surface area contributed by atoms with E-state index in [0.29, 0.717) is 11.3 Å². The summed E-state index contributed by atoms with van der Waals surface area (Å²) < 4.78 is 53.0. The maximum atomic E-state index is 13.7. The second-order valence-electron chi connectivity index (χ2n) is 10.1. The van der Waals surface area contributed by atoms with Crippen LogP contribution in [0.25, 0.3) is 22.5 Å². The molecule has 2 aromatic heterocycles. The van der Waals surface area contributed by atoms with Crippen molar-refractivity contribution < 1.29 is 32.3 Å². The van der Waals surface area contributed by atoms with Crippen molar-refractivity contribution in [2.45, 2.75) is 50.5 Å². The zero-order valence-electron chi connectivity index (χ0n) is 21.4. The number of alkyl halides is 3. The van der Waals surface area contributed by atoms with Crippen LogP contribution in [-0.2, 0) is 17.5 Å². The van der Waals surface area contributed by atoms with Gasteiger partial charge in [0.15, 0.2) is 5.13 Å². The van der Waals surface area contributed by atoms with Crippen LogP contribution < -0.4 is 4.90 Å². The fourth-order valence-corrected chi connectivity index (χ4v) is 5.91. The lowest BCUT2D eigenvalue weighted by Gasteiger charge is -2.31. The highest BCUT2D eigenvalue weighted by Crippen LogP contribution is 2.46. The lowest BCUT2D eigenvalue weighted by Crippen LogP contribution is -2.37. The number of hydrogen-bond acceptors (Lipinski definition) is 7. The maximum absolute atomic E-state index is 13.7. The van der Waals surface area contributed by atoms with Crippen LogP contribution in [0.1, 0.15) is 58.8 Å². The lowest BCUT2D eigenvalue weighted by molar-refractivity contribution is -0.137. The predicted molar refractivity (Wildman–Crippen MR) is 143 cm³/mol. The number of aromatic carboxylic acids is 1. The monoisotopic (exact) mass is 569 g/mol. The molecule has 1 saturated carbocycles. The summed E-state index contributed by atoms with van der Waals surface area (Å²) in [6, 6.07) is 12.1. The van der Waals surface area contributed by atoms with E-state index in [2.05, 4.69) is 10.1 Å². The van der Waals surface area contributed by atoms with Gasteiger partial charge in [0, 0.05) is 41.1 Å². The van der Waals surface area contributed by atoms with Gasteiger partial charge in [-0.25, -0.2) is 9.78 Å². The second kappa shape index (κ2) is 10.7. The highest BCUT2D eigenvalue weighted by molar-refractivity contribution is 7.14. The molecule has 40 heavy (non-hydrogen) atoms. The lowest BCUT2D eigenvalue weighted by atomic mass is 9.99. The number of nitrogens with zero attached hydrogens (tertiary/aromatic N) is 3. The molecular formula is C29H26F3N3O4S. The first-order valence-corrected chi connectivity index (χ1v) is 14.0. The third kappa shape index (κ3) is 5.48. The molecule has 2 aromatic carbocycles. The van der Waals surface area contributed by atoms with Crippen molar-refractivity contribution in [1.82, 2.24) is 10.1 Å². The summed E-state index contributed by atoms with van der Waals surface area (Å²) in [6.07, 6.45) is -1.19. The van der Waals surface area contributed by atoms with Crippen molar-refractivity contribution >= 4 is 22.4 Å². The van der Waals surface area contributed by atoms with Crippen LogP contribution in [0, 0.1) is 0 Å². The number of aromatic nitrogens is 2. The molecule has 2 fully saturated rings. The fraction of sp³-hybridized carbons (Fsp3) is 0.345. The van der Waals surface area contributed by atoms with E-state index >= 15 is 0 Å². The van der Waals surface area contributed by atoms with Gasteiger partial charge in [0.1, 0.15) is 11.5 Å². The van der Waals surface area contributed by atoms with Gasteiger partial charge in [0.2, 0.25) is 0 Å². The Hall–Kier alpha value is -3.70. The minimum absolute atomic E-state index is 0.0104. The molecule has 1 saturated heterocycles. The second-order valence-corrected chi connectivity index (χ2v) is 10.9. The number of halogens is 3. The van der Waals surface area contributed by atoms with Crippen LogP contribution >= 0.6 is 11.3 Å². The molecule has 0 amide bonds. The number of ether oxygens (including phenoxy) is 1. The standard InChI is InChI=1S/C29H26F3N3O4S/c30-29(31,32)23-4-2-1-3-21(23)25-22(26(39-34-25)18-7-8-18)15-38-20-11-13-35(14-12-20)28-33-24(16-40-28)17-5-9-19(10-6-17)27(36)37/h1-6,9-10,16,18,20H,7-8,11-15H2,(H,36,37). The molecule has 7 nitrogen and oxygen atoms in total. The largest absolute Gasteiger partial charge is 0.478 e. The highest BCUT2D eigenvalue weighted by atomic mass is 32.1. The number of anilines is 1. The first kappa shape index (κ1) is 26.5. The summed E-state index contributed by atoms with van der Waals surface area (Å²) in [6.45, 7) is 1.62. The molecule has 6 rings (SSSR count). The predicted octanol–water partition coefficient (Wildman–Crippen LogP) is 7.25. The summed E-state index contributed by atoms with van der Waals surface area (Å²) >= 11 is 1.53. The summed E-state index contributed by atoms with van der Waals surface area (Å²) in [5.74, 6) is -0.152. The number of thiazole rings is 1. The quantitative estimate of drug-likeness (QED) is 0.239. The summed E-state index contributed by atoms with van der Waals surface area (Å²) in [5.41, 5.74) is 1.97. The topological polar surface area (TPSA) is 88.7 Å². The van der Waals surface area contributed by atoms with E-state index in [1.165, 1.54) is 23.5 Å². The Labute approximate surface area is 232 Å². The summed E-state index contributed by atoms with van der Waals surface area (Å²) in [5, 5.41) is 16.0. The first-order valence-electron chi connectivity index (χ1n) is 13.1. The molecule has 2 aliphatic rings. The van der Waals surface area contributed by atoms with Gasteiger partial charge in [-0.05, 0) is 43.9 Å². The molecule has 11 heteroatoms. The van der Waals surface area contributed by atoms with Crippen LogP contribution in [0.4, 0.5) is 18.3 Å². The summed E-state index contributed by atoms with van der Waals surface area (Å²) in [4.78, 5) is 18.0. The van der Waals surface area contributed by atoms with E-state index in [9.17, 15) is 18.0 Å². The van der Waals surface area contributed by atoms with Gasteiger partial charge in [-0.15, -0.1) is 11.3 Å². The third-order valence-electron chi connectivity index (χ3n) is 7.35. The van der Waals surface area contributed by atoms with Gasteiger partial charge in [-0.3, -0.25) is 0 Å². The maximum Gasteiger partial charge on any atom is 0.417 e. The zero-order valence-corrected chi connectivity index (χ0v) is 22.2. The first-order chi connectivity index (χ1) is 19.3. The van der Waals surface area contributed by atoms with Crippen LogP contribution in [0.5, 0.6) is 0 Å². The van der Waals surface area contributed by atoms with Crippen molar-refractivity contribution in [1.29, 1.82) is 0 Å². The van der Waals surface area contributed by atoms with Crippen molar-refractivity contribution in [3.05, 3.63) is 76.4 Å². The molecule has 0 radical (unpaired) electrons. The third-order valence-corrected chi connectivity index (χ3v) is 8.25. The molecule has 0 spiro atoms.